The molecule has 0 amide bonds. The zero-order chi connectivity index (χ0) is 48.7. The number of hydrogen-bond donors (Lipinski definition) is 0. The van der Waals surface area contributed by atoms with Gasteiger partial charge in [-0.1, -0.05) is 200 Å². The second-order valence-electron chi connectivity index (χ2n) is 20.4. The van der Waals surface area contributed by atoms with Crippen LogP contribution < -0.4 is 9.80 Å². The van der Waals surface area contributed by atoms with Crippen LogP contribution in [0.15, 0.2) is 213 Å². The van der Waals surface area contributed by atoms with Crippen molar-refractivity contribution in [1.29, 1.82) is 0 Å². The molecule has 10 aromatic rings. The van der Waals surface area contributed by atoms with Crippen molar-refractivity contribution in [3.8, 4) is 32.0 Å². The van der Waals surface area contributed by atoms with E-state index in [1.807, 2.05) is 11.3 Å². The Morgan fingerprint density at radius 1 is 0.414 bits per heavy atom. The largest absolute Gasteiger partial charge is 0.309 e. The van der Waals surface area contributed by atoms with E-state index in [9.17, 15) is 0 Å². The van der Waals surface area contributed by atoms with Crippen LogP contribution in [0, 0.1) is 0 Å². The lowest BCUT2D eigenvalue weighted by Gasteiger charge is -2.33. The van der Waals surface area contributed by atoms with Crippen molar-refractivity contribution in [3.63, 3.8) is 0 Å². The number of rotatable bonds is 12. The number of allylic oxidation sites excluding steroid dienone is 1. The Labute approximate surface area is 419 Å². The smallest absolute Gasteiger partial charge is 0.0620 e. The summed E-state index contributed by atoms with van der Waals surface area (Å²) in [4.78, 5) is 7.51. The van der Waals surface area contributed by atoms with E-state index in [-0.39, 0.29) is 5.41 Å². The first-order valence-corrected chi connectivity index (χ1v) is 25.6. The summed E-state index contributed by atoms with van der Waals surface area (Å²) in [7, 11) is 0. The molecule has 0 saturated heterocycles. The highest BCUT2D eigenvalue weighted by atomic mass is 32.1. The fraction of sp³-hybridized carbons (Fsp3) is 0.164. The van der Waals surface area contributed by atoms with Crippen molar-refractivity contribution in [2.45, 2.75) is 72.6 Å². The first-order valence-electron chi connectivity index (χ1n) is 24.7. The molecule has 1 heterocycles. The molecule has 1 aromatic heterocycles. The lowest BCUT2D eigenvalue weighted by Crippen LogP contribution is -2.15. The minimum atomic E-state index is 0.0200. The fourth-order valence-electron chi connectivity index (χ4n) is 9.71. The Morgan fingerprint density at radius 2 is 0.814 bits per heavy atom. The van der Waals surface area contributed by atoms with Gasteiger partial charge in [-0.3, -0.25) is 0 Å². The van der Waals surface area contributed by atoms with Gasteiger partial charge in [0.05, 0.1) is 11.4 Å². The molecule has 70 heavy (non-hydrogen) atoms. The number of benzene rings is 9. The fourth-order valence-corrected chi connectivity index (χ4v) is 10.7. The molecule has 10 rings (SSSR count). The minimum Gasteiger partial charge on any atom is -0.309 e. The van der Waals surface area contributed by atoms with Gasteiger partial charge in [0.25, 0.3) is 0 Å². The number of nitrogens with zero attached hydrogens (tertiary/aromatic N) is 2. The average molecular weight is 927 g/mol. The molecular weight excluding hydrogens is 865 g/mol. The zero-order valence-electron chi connectivity index (χ0n) is 41.8. The second kappa shape index (κ2) is 19.1. The summed E-state index contributed by atoms with van der Waals surface area (Å²) in [6.07, 6.45) is 0. The number of fused-ring (bicyclic) bond motifs is 2. The zero-order valence-corrected chi connectivity index (χ0v) is 42.6. The third kappa shape index (κ3) is 9.10. The highest BCUT2D eigenvalue weighted by molar-refractivity contribution is 7.18. The molecule has 0 aliphatic rings. The van der Waals surface area contributed by atoms with Crippen molar-refractivity contribution in [3.05, 3.63) is 235 Å². The molecule has 0 bridgehead atoms. The van der Waals surface area contributed by atoms with Gasteiger partial charge in [0.15, 0.2) is 0 Å². The maximum atomic E-state index is 4.29. The standard InChI is InChI=1S/C67H62N2S/c1-44(2)47-23-32-55(33-24-47)68(58-38-30-54(31-39-58)67(7,8)9)65-59-17-13-14-18-60(59)66(69(56-34-25-48(26-35-56)45(3)4)57-36-27-49(28-37-57)46(5)6)62-43-53(29-40-61(62)65)50-19-21-52(22-20-50)64-42-41-63(70-64)51-15-11-10-12-16-51/h10-44,46H,3H2,1-2,4-9H3. The van der Waals surface area contributed by atoms with Gasteiger partial charge in [-0.15, -0.1) is 11.3 Å². The lowest BCUT2D eigenvalue weighted by molar-refractivity contribution is 0.590. The van der Waals surface area contributed by atoms with Crippen molar-refractivity contribution < 1.29 is 0 Å². The van der Waals surface area contributed by atoms with Crippen molar-refractivity contribution in [1.82, 2.24) is 0 Å². The molecule has 0 atom stereocenters. The van der Waals surface area contributed by atoms with Gasteiger partial charge in [-0.05, 0) is 135 Å². The van der Waals surface area contributed by atoms with Crippen molar-refractivity contribution in [2.75, 3.05) is 9.80 Å². The quantitative estimate of drug-likeness (QED) is 0.0890. The summed E-state index contributed by atoms with van der Waals surface area (Å²) in [5, 5.41) is 4.66. The first-order chi connectivity index (χ1) is 33.8. The number of hydrogen-bond acceptors (Lipinski definition) is 3. The van der Waals surface area contributed by atoms with Gasteiger partial charge in [0.2, 0.25) is 0 Å². The van der Waals surface area contributed by atoms with Crippen LogP contribution in [0.4, 0.5) is 34.1 Å². The van der Waals surface area contributed by atoms with Crippen LogP contribution in [-0.4, -0.2) is 0 Å². The van der Waals surface area contributed by atoms with Crippen LogP contribution in [0.25, 0.3) is 59.1 Å². The molecule has 0 spiro atoms. The first kappa shape index (κ1) is 46.3. The molecule has 0 saturated carbocycles. The van der Waals surface area contributed by atoms with Crippen LogP contribution in [0.2, 0.25) is 0 Å². The Bertz CT molecular complexity index is 3440. The molecular formula is C67H62N2S. The Hall–Kier alpha value is -7.46. The van der Waals surface area contributed by atoms with E-state index in [4.69, 9.17) is 0 Å². The maximum Gasteiger partial charge on any atom is 0.0620 e. The topological polar surface area (TPSA) is 6.48 Å². The summed E-state index contributed by atoms with van der Waals surface area (Å²) >= 11 is 1.84. The summed E-state index contributed by atoms with van der Waals surface area (Å²) in [6, 6.07) is 77.0. The number of thiophene rings is 1. The van der Waals surface area contributed by atoms with Gasteiger partial charge < -0.3 is 9.80 Å². The van der Waals surface area contributed by atoms with Crippen LogP contribution in [0.3, 0.4) is 0 Å². The van der Waals surface area contributed by atoms with Crippen molar-refractivity contribution >= 4 is 72.6 Å². The van der Waals surface area contributed by atoms with E-state index in [2.05, 4.69) is 278 Å². The summed E-state index contributed by atoms with van der Waals surface area (Å²) in [5.41, 5.74) is 17.6. The summed E-state index contributed by atoms with van der Waals surface area (Å²) in [6.45, 7) is 22.3. The molecule has 0 radical (unpaired) electrons. The van der Waals surface area contributed by atoms with Gasteiger partial charge in [0.1, 0.15) is 0 Å². The molecule has 0 N–H and O–H groups in total. The van der Waals surface area contributed by atoms with Gasteiger partial charge in [-0.2, -0.15) is 0 Å². The van der Waals surface area contributed by atoms with Crippen LogP contribution in [-0.2, 0) is 5.41 Å². The van der Waals surface area contributed by atoms with E-state index in [0.29, 0.717) is 11.8 Å². The molecule has 0 fully saturated rings. The molecule has 9 aromatic carbocycles. The van der Waals surface area contributed by atoms with E-state index in [1.54, 1.807) is 0 Å². The van der Waals surface area contributed by atoms with Crippen molar-refractivity contribution in [2.24, 2.45) is 0 Å². The van der Waals surface area contributed by atoms with E-state index in [1.165, 1.54) is 48.5 Å². The predicted octanol–water partition coefficient (Wildman–Crippen LogP) is 20.6. The van der Waals surface area contributed by atoms with Crippen LogP contribution in [0.5, 0.6) is 0 Å². The highest BCUT2D eigenvalue weighted by Crippen LogP contribution is 2.52. The molecule has 2 nitrogen and oxygen atoms in total. The Balaban J connectivity index is 1.24. The third-order valence-electron chi connectivity index (χ3n) is 13.8. The molecule has 0 aliphatic carbocycles. The summed E-state index contributed by atoms with van der Waals surface area (Å²) in [5.74, 6) is 0.833. The van der Waals surface area contributed by atoms with E-state index >= 15 is 0 Å². The number of anilines is 6. The molecule has 3 heteroatoms. The van der Waals surface area contributed by atoms with Crippen LogP contribution >= 0.6 is 11.3 Å². The second-order valence-corrected chi connectivity index (χ2v) is 21.5. The average Bonchev–Trinajstić information content (AvgIpc) is 3.88. The Morgan fingerprint density at radius 3 is 1.29 bits per heavy atom. The Kier molecular flexibility index (Phi) is 12.7. The maximum absolute atomic E-state index is 4.29. The van der Waals surface area contributed by atoms with Gasteiger partial charge in [0, 0.05) is 54.0 Å². The molecule has 346 valence electrons. The minimum absolute atomic E-state index is 0.0200. The monoisotopic (exact) mass is 926 g/mol. The molecule has 0 unspecified atom stereocenters. The van der Waals surface area contributed by atoms with Gasteiger partial charge >= 0.3 is 0 Å². The SMILES string of the molecule is C=C(C)c1ccc(N(c2ccc(C(C)C)cc2)c2c3ccccc3c(N(c3ccc(C(C)C)cc3)c3ccc(C(C)(C)C)cc3)c3ccc(-c4ccc(-c5ccc(-c6ccccc6)s5)cc4)cc23)cc1. The normalized spacial score (nSPS) is 11.7. The third-order valence-corrected chi connectivity index (χ3v) is 15.0. The molecule has 0 aliphatic heterocycles. The van der Waals surface area contributed by atoms with Gasteiger partial charge in [-0.25, -0.2) is 0 Å². The lowest BCUT2D eigenvalue weighted by atomic mass is 9.87. The van der Waals surface area contributed by atoms with E-state index < -0.39 is 0 Å². The predicted molar refractivity (Wildman–Crippen MR) is 307 cm³/mol. The summed E-state index contributed by atoms with van der Waals surface area (Å²) < 4.78 is 0. The van der Waals surface area contributed by atoms with E-state index in [0.717, 1.165) is 67.0 Å². The highest BCUT2D eigenvalue weighted by Gasteiger charge is 2.27. The van der Waals surface area contributed by atoms with Crippen LogP contribution in [0.1, 0.15) is 89.5 Å².